The van der Waals surface area contributed by atoms with Crippen LogP contribution in [-0.2, 0) is 14.8 Å². The summed E-state index contributed by atoms with van der Waals surface area (Å²) < 4.78 is 27.7. The molecule has 1 saturated heterocycles. The molecule has 3 heterocycles. The van der Waals surface area contributed by atoms with Gasteiger partial charge in [-0.05, 0) is 41.8 Å². The maximum absolute atomic E-state index is 12.4. The van der Waals surface area contributed by atoms with E-state index < -0.39 is 10.0 Å². The van der Waals surface area contributed by atoms with Crippen LogP contribution in [0.3, 0.4) is 0 Å². The van der Waals surface area contributed by atoms with Crippen molar-refractivity contribution in [2.24, 2.45) is 5.14 Å². The molecular weight excluding hydrogens is 420 g/mol. The van der Waals surface area contributed by atoms with Crippen LogP contribution in [0.5, 0.6) is 0 Å². The number of fused-ring (bicyclic) bond motifs is 1. The molecule has 3 aromatic rings. The summed E-state index contributed by atoms with van der Waals surface area (Å²) >= 11 is 0. The zero-order valence-electron chi connectivity index (χ0n) is 16.8. The molecular formula is C20H24N6O4S. The van der Waals surface area contributed by atoms with Gasteiger partial charge in [-0.3, -0.25) is 4.79 Å². The maximum atomic E-state index is 12.4. The molecule has 31 heavy (non-hydrogen) atoms. The predicted octanol–water partition coefficient (Wildman–Crippen LogP) is 1.20. The fraction of sp³-hybridized carbons (Fsp3) is 0.300. The number of rotatable bonds is 7. The minimum atomic E-state index is -3.59. The second-order valence-electron chi connectivity index (χ2n) is 7.19. The number of nitrogens with two attached hydrogens (primary N) is 1. The van der Waals surface area contributed by atoms with Crippen LogP contribution < -0.4 is 26.2 Å². The summed E-state index contributed by atoms with van der Waals surface area (Å²) in [4.78, 5) is 21.8. The Morgan fingerprint density at radius 2 is 1.90 bits per heavy atom. The summed E-state index contributed by atoms with van der Waals surface area (Å²) in [5.74, 6) is 0.583. The van der Waals surface area contributed by atoms with Crippen LogP contribution in [0.15, 0.2) is 47.4 Å². The SMILES string of the molecule is NS(=O)(=O)CCNc1cc2cc[nH]c(=O)c2c(Nc2ccc(N3CCOCC3)cc2)n1. The van der Waals surface area contributed by atoms with E-state index in [1.165, 1.54) is 0 Å². The number of aromatic nitrogens is 2. The fourth-order valence-electron chi connectivity index (χ4n) is 3.43. The maximum Gasteiger partial charge on any atom is 0.259 e. The molecule has 0 aliphatic carbocycles. The van der Waals surface area contributed by atoms with E-state index in [0.29, 0.717) is 35.6 Å². The number of benzene rings is 1. The third kappa shape index (κ3) is 5.32. The first kappa shape index (κ1) is 21.1. The second-order valence-corrected chi connectivity index (χ2v) is 8.93. The molecule has 2 aromatic heterocycles. The first-order chi connectivity index (χ1) is 14.9. The molecule has 0 bridgehead atoms. The summed E-state index contributed by atoms with van der Waals surface area (Å²) in [6.45, 7) is 3.23. The largest absolute Gasteiger partial charge is 0.378 e. The van der Waals surface area contributed by atoms with E-state index in [4.69, 9.17) is 9.88 Å². The molecule has 164 valence electrons. The lowest BCUT2D eigenvalue weighted by Crippen LogP contribution is -2.36. The van der Waals surface area contributed by atoms with Crippen molar-refractivity contribution in [3.8, 4) is 0 Å². The zero-order chi connectivity index (χ0) is 21.8. The number of anilines is 4. The highest BCUT2D eigenvalue weighted by atomic mass is 32.2. The van der Waals surface area contributed by atoms with Gasteiger partial charge in [0, 0.05) is 37.2 Å². The lowest BCUT2D eigenvalue weighted by atomic mass is 10.2. The van der Waals surface area contributed by atoms with Gasteiger partial charge in [0.05, 0.1) is 24.4 Å². The number of hydrogen-bond donors (Lipinski definition) is 4. The van der Waals surface area contributed by atoms with Crippen LogP contribution >= 0.6 is 0 Å². The number of primary sulfonamides is 1. The summed E-state index contributed by atoms with van der Waals surface area (Å²) in [5.41, 5.74) is 1.60. The zero-order valence-corrected chi connectivity index (χ0v) is 17.6. The van der Waals surface area contributed by atoms with Crippen LogP contribution in [0.2, 0.25) is 0 Å². The Morgan fingerprint density at radius 3 is 2.61 bits per heavy atom. The monoisotopic (exact) mass is 444 g/mol. The van der Waals surface area contributed by atoms with Gasteiger partial charge in [-0.25, -0.2) is 18.5 Å². The van der Waals surface area contributed by atoms with Gasteiger partial charge in [0.1, 0.15) is 11.6 Å². The molecule has 4 rings (SSSR count). The molecule has 0 radical (unpaired) electrons. The summed E-state index contributed by atoms with van der Waals surface area (Å²) in [6, 6.07) is 11.3. The number of aromatic amines is 1. The summed E-state index contributed by atoms with van der Waals surface area (Å²) in [6.07, 6.45) is 1.56. The molecule has 0 spiro atoms. The molecule has 0 saturated carbocycles. The third-order valence-corrected chi connectivity index (χ3v) is 5.73. The Morgan fingerprint density at radius 1 is 1.16 bits per heavy atom. The van der Waals surface area contributed by atoms with Crippen molar-refractivity contribution in [3.05, 3.63) is 52.9 Å². The Kier molecular flexibility index (Phi) is 6.07. The van der Waals surface area contributed by atoms with Crippen molar-refractivity contribution in [3.63, 3.8) is 0 Å². The minimum absolute atomic E-state index is 0.105. The van der Waals surface area contributed by atoms with Crippen molar-refractivity contribution in [2.75, 3.05) is 54.1 Å². The molecule has 11 heteroatoms. The van der Waals surface area contributed by atoms with Crippen molar-refractivity contribution in [1.29, 1.82) is 0 Å². The minimum Gasteiger partial charge on any atom is -0.378 e. The molecule has 5 N–H and O–H groups in total. The van der Waals surface area contributed by atoms with Crippen LogP contribution in [0.1, 0.15) is 0 Å². The van der Waals surface area contributed by atoms with E-state index in [1.54, 1.807) is 18.3 Å². The van der Waals surface area contributed by atoms with Crippen LogP contribution in [0, 0.1) is 0 Å². The predicted molar refractivity (Wildman–Crippen MR) is 122 cm³/mol. The van der Waals surface area contributed by atoms with Crippen molar-refractivity contribution >= 4 is 43.8 Å². The molecule has 1 aromatic carbocycles. The smallest absolute Gasteiger partial charge is 0.259 e. The van der Waals surface area contributed by atoms with Gasteiger partial charge in [0.15, 0.2) is 0 Å². The lowest BCUT2D eigenvalue weighted by molar-refractivity contribution is 0.122. The van der Waals surface area contributed by atoms with Gasteiger partial charge < -0.3 is 25.3 Å². The topological polar surface area (TPSA) is 142 Å². The summed E-state index contributed by atoms with van der Waals surface area (Å²) in [7, 11) is -3.59. The van der Waals surface area contributed by atoms with Gasteiger partial charge >= 0.3 is 0 Å². The quantitative estimate of drug-likeness (QED) is 0.426. The number of nitrogens with one attached hydrogen (secondary N) is 3. The van der Waals surface area contributed by atoms with Crippen LogP contribution in [0.25, 0.3) is 10.8 Å². The van der Waals surface area contributed by atoms with Crippen LogP contribution in [-0.4, -0.2) is 57.0 Å². The fourth-order valence-corrected chi connectivity index (χ4v) is 3.82. The molecule has 1 aliphatic heterocycles. The first-order valence-corrected chi connectivity index (χ1v) is 11.6. The molecule has 0 unspecified atom stereocenters. The Bertz CT molecular complexity index is 1220. The number of H-pyrrole nitrogens is 1. The highest BCUT2D eigenvalue weighted by Gasteiger charge is 2.13. The average Bonchev–Trinajstić information content (AvgIpc) is 2.74. The number of morpholine rings is 1. The molecule has 10 nitrogen and oxygen atoms in total. The van der Waals surface area contributed by atoms with Crippen molar-refractivity contribution in [2.45, 2.75) is 0 Å². The highest BCUT2D eigenvalue weighted by Crippen LogP contribution is 2.26. The normalized spacial score (nSPS) is 14.5. The van der Waals surface area contributed by atoms with Gasteiger partial charge in [-0.2, -0.15) is 0 Å². The van der Waals surface area contributed by atoms with Gasteiger partial charge in [0.25, 0.3) is 5.56 Å². The Balaban J connectivity index is 1.60. The second kappa shape index (κ2) is 8.92. The van der Waals surface area contributed by atoms with Crippen molar-refractivity contribution < 1.29 is 13.2 Å². The van der Waals surface area contributed by atoms with E-state index in [-0.39, 0.29) is 17.9 Å². The van der Waals surface area contributed by atoms with E-state index in [0.717, 1.165) is 24.5 Å². The van der Waals surface area contributed by atoms with E-state index in [9.17, 15) is 13.2 Å². The number of ether oxygens (including phenoxy) is 1. The average molecular weight is 445 g/mol. The highest BCUT2D eigenvalue weighted by molar-refractivity contribution is 7.89. The Labute approximate surface area is 179 Å². The molecule has 0 atom stereocenters. The number of sulfonamides is 1. The standard InChI is InChI=1S/C20H24N6O4S/c21-31(28,29)12-7-22-17-13-14-5-6-23-20(27)18(14)19(25-17)24-15-1-3-16(4-2-15)26-8-10-30-11-9-26/h1-6,13H,7-12H2,(H,23,27)(H2,21,28,29)(H2,22,24,25). The van der Waals surface area contributed by atoms with Gasteiger partial charge in [0.2, 0.25) is 10.0 Å². The Hall–Kier alpha value is -3.15. The first-order valence-electron chi connectivity index (χ1n) is 9.86. The summed E-state index contributed by atoms with van der Waals surface area (Å²) in [5, 5.41) is 12.3. The lowest BCUT2D eigenvalue weighted by Gasteiger charge is -2.28. The third-order valence-electron chi connectivity index (χ3n) is 4.95. The molecule has 1 fully saturated rings. The number of pyridine rings is 2. The van der Waals surface area contributed by atoms with Gasteiger partial charge in [-0.15, -0.1) is 0 Å². The molecule has 0 amide bonds. The van der Waals surface area contributed by atoms with E-state index in [1.807, 2.05) is 24.3 Å². The number of hydrogen-bond acceptors (Lipinski definition) is 8. The van der Waals surface area contributed by atoms with E-state index >= 15 is 0 Å². The van der Waals surface area contributed by atoms with Crippen molar-refractivity contribution in [1.82, 2.24) is 9.97 Å². The van der Waals surface area contributed by atoms with Gasteiger partial charge in [-0.1, -0.05) is 0 Å². The van der Waals surface area contributed by atoms with Crippen LogP contribution in [0.4, 0.5) is 23.0 Å². The molecule has 1 aliphatic rings. The number of nitrogens with zero attached hydrogens (tertiary/aromatic N) is 2. The van der Waals surface area contributed by atoms with E-state index in [2.05, 4.69) is 25.5 Å².